The van der Waals surface area contributed by atoms with E-state index in [1.54, 1.807) is 0 Å². The largest absolute Gasteiger partial charge is 0.263 e. The highest BCUT2D eigenvalue weighted by Gasteiger charge is 2.18. The maximum atomic E-state index is 13.0. The van der Waals surface area contributed by atoms with Gasteiger partial charge in [-0.05, 0) is 23.7 Å². The van der Waals surface area contributed by atoms with Crippen LogP contribution in [0.4, 0.5) is 14.6 Å². The molecule has 0 aliphatic carbocycles. The zero-order valence-electron chi connectivity index (χ0n) is 9.44. The number of nitrogens with zero attached hydrogens (tertiary/aromatic N) is 2. The van der Waals surface area contributed by atoms with Crippen LogP contribution in [0.2, 0.25) is 10.4 Å². The van der Waals surface area contributed by atoms with Crippen LogP contribution in [0.3, 0.4) is 0 Å². The molecule has 1 N–H and O–H groups in total. The van der Waals surface area contributed by atoms with Crippen molar-refractivity contribution in [2.45, 2.75) is 4.90 Å². The molecule has 0 amide bonds. The monoisotopic (exact) mass is 339 g/mol. The van der Waals surface area contributed by atoms with Gasteiger partial charge in [-0.2, -0.15) is 4.98 Å². The summed E-state index contributed by atoms with van der Waals surface area (Å²) in [5.41, 5.74) is 0. The predicted octanol–water partition coefficient (Wildman–Crippen LogP) is 2.86. The molecular weight excluding hydrogens is 335 g/mol. The second-order valence-electron chi connectivity index (χ2n) is 3.56. The van der Waals surface area contributed by atoms with Crippen molar-refractivity contribution in [3.63, 3.8) is 0 Å². The van der Waals surface area contributed by atoms with E-state index in [0.29, 0.717) is 18.2 Å². The maximum Gasteiger partial charge on any atom is 0.263 e. The van der Waals surface area contributed by atoms with Gasteiger partial charge in [0, 0.05) is 12.1 Å². The summed E-state index contributed by atoms with van der Waals surface area (Å²) < 4.78 is 51.9. The van der Waals surface area contributed by atoms with Gasteiger partial charge >= 0.3 is 0 Å². The molecule has 0 saturated carbocycles. The van der Waals surface area contributed by atoms with Gasteiger partial charge in [-0.25, -0.2) is 22.2 Å². The van der Waals surface area contributed by atoms with E-state index in [0.717, 1.165) is 6.07 Å². The summed E-state index contributed by atoms with van der Waals surface area (Å²) in [6.07, 6.45) is 0. The first-order chi connectivity index (χ1) is 9.26. The highest BCUT2D eigenvalue weighted by Crippen LogP contribution is 2.20. The molecule has 1 heterocycles. The third-order valence-electron chi connectivity index (χ3n) is 2.05. The summed E-state index contributed by atoms with van der Waals surface area (Å²) in [5.74, 6) is -2.27. The van der Waals surface area contributed by atoms with Gasteiger partial charge in [0.25, 0.3) is 10.0 Å². The van der Waals surface area contributed by atoms with Crippen molar-refractivity contribution in [3.05, 3.63) is 46.3 Å². The number of anilines is 1. The SMILES string of the molecule is O=S(=O)(Nc1cc(Cl)nc(Cl)n1)c1cc(F)cc(F)c1. The summed E-state index contributed by atoms with van der Waals surface area (Å²) >= 11 is 11.1. The number of hydrogen-bond acceptors (Lipinski definition) is 4. The second kappa shape index (κ2) is 5.47. The summed E-state index contributed by atoms with van der Waals surface area (Å²) in [5, 5.41) is -0.367. The Hall–Kier alpha value is -1.51. The van der Waals surface area contributed by atoms with Crippen LogP contribution < -0.4 is 4.72 Å². The highest BCUT2D eigenvalue weighted by molar-refractivity contribution is 7.92. The first-order valence-electron chi connectivity index (χ1n) is 4.95. The second-order valence-corrected chi connectivity index (χ2v) is 5.96. The first-order valence-corrected chi connectivity index (χ1v) is 7.19. The van der Waals surface area contributed by atoms with Crippen LogP contribution >= 0.6 is 23.2 Å². The van der Waals surface area contributed by atoms with E-state index in [9.17, 15) is 17.2 Å². The average Bonchev–Trinajstić information content (AvgIpc) is 2.25. The van der Waals surface area contributed by atoms with Crippen LogP contribution in [0.15, 0.2) is 29.2 Å². The van der Waals surface area contributed by atoms with Gasteiger partial charge in [0.15, 0.2) is 0 Å². The molecule has 0 bridgehead atoms. The highest BCUT2D eigenvalue weighted by atomic mass is 35.5. The standard InChI is InChI=1S/C10H5Cl2F2N3O2S/c11-8-4-9(16-10(12)15-8)17-20(18,19)7-2-5(13)1-6(14)3-7/h1-4H,(H,15,16,17). The van der Waals surface area contributed by atoms with Gasteiger partial charge in [0.2, 0.25) is 5.28 Å². The van der Waals surface area contributed by atoms with E-state index in [1.165, 1.54) is 0 Å². The first kappa shape index (κ1) is 14.9. The third-order valence-corrected chi connectivity index (χ3v) is 3.75. The molecule has 5 nitrogen and oxygen atoms in total. The van der Waals surface area contributed by atoms with E-state index in [2.05, 4.69) is 9.97 Å². The molecule has 1 aromatic carbocycles. The normalized spacial score (nSPS) is 11.4. The molecule has 2 rings (SSSR count). The molecule has 1 aromatic heterocycles. The Kier molecular flexibility index (Phi) is 4.07. The van der Waals surface area contributed by atoms with Crippen LogP contribution in [-0.2, 0) is 10.0 Å². The summed E-state index contributed by atoms with van der Waals surface area (Å²) in [6, 6.07) is 2.98. The van der Waals surface area contributed by atoms with Gasteiger partial charge in [-0.15, -0.1) is 0 Å². The van der Waals surface area contributed by atoms with Gasteiger partial charge in [0.1, 0.15) is 22.6 Å². The van der Waals surface area contributed by atoms with Crippen LogP contribution in [0, 0.1) is 11.6 Å². The van der Waals surface area contributed by atoms with Crippen molar-refractivity contribution in [1.82, 2.24) is 9.97 Å². The molecule has 10 heteroatoms. The van der Waals surface area contributed by atoms with Crippen molar-refractivity contribution in [3.8, 4) is 0 Å². The third kappa shape index (κ3) is 3.53. The molecule has 0 radical (unpaired) electrons. The maximum absolute atomic E-state index is 13.0. The number of sulfonamides is 1. The lowest BCUT2D eigenvalue weighted by Crippen LogP contribution is -2.14. The Morgan fingerprint density at radius 2 is 1.60 bits per heavy atom. The van der Waals surface area contributed by atoms with Crippen molar-refractivity contribution in [1.29, 1.82) is 0 Å². The fraction of sp³-hybridized carbons (Fsp3) is 0. The Bertz CT molecular complexity index is 731. The minimum Gasteiger partial charge on any atom is -0.263 e. The lowest BCUT2D eigenvalue weighted by molar-refractivity contribution is 0.568. The molecule has 0 atom stereocenters. The molecule has 0 spiro atoms. The van der Waals surface area contributed by atoms with Gasteiger partial charge < -0.3 is 0 Å². The summed E-state index contributed by atoms with van der Waals surface area (Å²) in [4.78, 5) is 6.52. The van der Waals surface area contributed by atoms with Gasteiger partial charge in [0.05, 0.1) is 4.90 Å². The minimum atomic E-state index is -4.23. The van der Waals surface area contributed by atoms with Crippen molar-refractivity contribution >= 4 is 39.0 Å². The molecule has 0 aliphatic rings. The van der Waals surface area contributed by atoms with Crippen molar-refractivity contribution in [2.24, 2.45) is 0 Å². The van der Waals surface area contributed by atoms with Crippen LogP contribution in [-0.4, -0.2) is 18.4 Å². The quantitative estimate of drug-likeness (QED) is 0.689. The molecule has 2 aromatic rings. The van der Waals surface area contributed by atoms with Gasteiger partial charge in [-0.3, -0.25) is 4.72 Å². The van der Waals surface area contributed by atoms with E-state index in [4.69, 9.17) is 23.2 Å². The minimum absolute atomic E-state index is 0.0897. The van der Waals surface area contributed by atoms with Crippen LogP contribution in [0.1, 0.15) is 0 Å². The molecular formula is C10H5Cl2F2N3O2S. The average molecular weight is 340 g/mol. The topological polar surface area (TPSA) is 72.0 Å². The van der Waals surface area contributed by atoms with Crippen LogP contribution in [0.25, 0.3) is 0 Å². The zero-order valence-corrected chi connectivity index (χ0v) is 11.8. The Labute approximate surface area is 122 Å². The molecule has 0 aliphatic heterocycles. The number of aromatic nitrogens is 2. The zero-order chi connectivity index (χ0) is 14.9. The number of halogens is 4. The number of hydrogen-bond donors (Lipinski definition) is 1. The molecule has 20 heavy (non-hydrogen) atoms. The van der Waals surface area contributed by atoms with E-state index in [-0.39, 0.29) is 16.3 Å². The van der Waals surface area contributed by atoms with Gasteiger partial charge in [-0.1, -0.05) is 11.6 Å². The summed E-state index contributed by atoms with van der Waals surface area (Å²) in [7, 11) is -4.23. The Balaban J connectivity index is 2.40. The van der Waals surface area contributed by atoms with Crippen LogP contribution in [0.5, 0.6) is 0 Å². The lowest BCUT2D eigenvalue weighted by Gasteiger charge is -2.08. The van der Waals surface area contributed by atoms with E-state index < -0.39 is 26.6 Å². The number of nitrogens with one attached hydrogen (secondary N) is 1. The van der Waals surface area contributed by atoms with E-state index in [1.807, 2.05) is 4.72 Å². The molecule has 0 fully saturated rings. The Morgan fingerprint density at radius 1 is 1.00 bits per heavy atom. The number of rotatable bonds is 3. The fourth-order valence-electron chi connectivity index (χ4n) is 1.32. The smallest absolute Gasteiger partial charge is 0.263 e. The van der Waals surface area contributed by atoms with Crippen molar-refractivity contribution < 1.29 is 17.2 Å². The molecule has 0 unspecified atom stereocenters. The number of benzene rings is 1. The molecule has 106 valence electrons. The predicted molar refractivity (Wildman–Crippen MR) is 69.2 cm³/mol. The lowest BCUT2D eigenvalue weighted by atomic mass is 10.3. The summed E-state index contributed by atoms with van der Waals surface area (Å²) in [6.45, 7) is 0. The van der Waals surface area contributed by atoms with Crippen molar-refractivity contribution in [2.75, 3.05) is 4.72 Å². The molecule has 0 saturated heterocycles. The Morgan fingerprint density at radius 3 is 2.15 bits per heavy atom. The van der Waals surface area contributed by atoms with E-state index >= 15 is 0 Å². The fourth-order valence-corrected chi connectivity index (χ4v) is 2.76.